The number of benzene rings is 2. The number of nitrogens with one attached hydrogen (secondary N) is 1. The van der Waals surface area contributed by atoms with Gasteiger partial charge in [-0.1, -0.05) is 41.6 Å². The molecule has 3 heterocycles. The number of rotatable bonds is 8. The predicted octanol–water partition coefficient (Wildman–Crippen LogP) is 3.58. The molecular formula is C28H27N6O4S+. The molecule has 5 rings (SSSR count). The van der Waals surface area contributed by atoms with Gasteiger partial charge in [0.05, 0.1) is 55.2 Å². The second-order valence-corrected chi connectivity index (χ2v) is 9.80. The third kappa shape index (κ3) is 6.19. The number of ether oxygens (including phenoxy) is 2. The number of carbonyl (C=O) groups is 1. The number of amides is 1. The summed E-state index contributed by atoms with van der Waals surface area (Å²) in [5, 5.41) is 19.2. The van der Waals surface area contributed by atoms with Crippen LogP contribution < -0.4 is 19.9 Å². The van der Waals surface area contributed by atoms with Crippen molar-refractivity contribution < 1.29 is 23.6 Å². The van der Waals surface area contributed by atoms with Gasteiger partial charge in [0.1, 0.15) is 16.8 Å². The average Bonchev–Trinajstić information content (AvgIpc) is 3.45. The van der Waals surface area contributed by atoms with Gasteiger partial charge in [-0.25, -0.2) is 4.98 Å². The molecule has 0 saturated carbocycles. The molecule has 0 aliphatic carbocycles. The van der Waals surface area contributed by atoms with Crippen LogP contribution in [-0.2, 0) is 9.53 Å². The fourth-order valence-electron chi connectivity index (χ4n) is 4.10. The van der Waals surface area contributed by atoms with Gasteiger partial charge in [0.25, 0.3) is 6.20 Å². The van der Waals surface area contributed by atoms with E-state index in [0.717, 1.165) is 28.0 Å². The van der Waals surface area contributed by atoms with E-state index < -0.39 is 0 Å². The number of carbonyl (C=O) groups excluding carboxylic acids is 1. The van der Waals surface area contributed by atoms with Crippen molar-refractivity contribution in [1.29, 1.82) is 5.26 Å². The fourth-order valence-corrected chi connectivity index (χ4v) is 4.90. The van der Waals surface area contributed by atoms with Crippen molar-refractivity contribution in [2.75, 3.05) is 49.5 Å². The summed E-state index contributed by atoms with van der Waals surface area (Å²) in [6.45, 7) is 4.58. The SMILES string of the molecule is COc1ccc(-c2cc(-c3ccc(C)cc3)c(C#N)c(SCC(=O)Nc3c[n+](N4CCOCC4)no3)n2)cc1. The molecule has 39 heavy (non-hydrogen) atoms. The molecule has 0 spiro atoms. The topological polar surface area (TPSA) is 117 Å². The van der Waals surface area contributed by atoms with Crippen LogP contribution in [0.2, 0.25) is 0 Å². The van der Waals surface area contributed by atoms with Crippen LogP contribution in [0, 0.1) is 18.3 Å². The highest BCUT2D eigenvalue weighted by Crippen LogP contribution is 2.34. The first-order valence-electron chi connectivity index (χ1n) is 12.3. The quantitative estimate of drug-likeness (QED) is 0.263. The number of morpholine rings is 1. The van der Waals surface area contributed by atoms with E-state index >= 15 is 0 Å². The van der Waals surface area contributed by atoms with Gasteiger partial charge in [0.15, 0.2) is 0 Å². The largest absolute Gasteiger partial charge is 0.497 e. The maximum Gasteiger partial charge on any atom is 0.305 e. The van der Waals surface area contributed by atoms with Crippen LogP contribution in [0.3, 0.4) is 0 Å². The summed E-state index contributed by atoms with van der Waals surface area (Å²) in [4.78, 5) is 19.1. The molecule has 10 nitrogen and oxygen atoms in total. The fraction of sp³-hybridized carbons (Fsp3) is 0.250. The molecule has 0 radical (unpaired) electrons. The Morgan fingerprint density at radius 2 is 1.87 bits per heavy atom. The Morgan fingerprint density at radius 3 is 2.56 bits per heavy atom. The average molecular weight is 544 g/mol. The molecule has 2 aromatic heterocycles. The predicted molar refractivity (Wildman–Crippen MR) is 146 cm³/mol. The van der Waals surface area contributed by atoms with Crippen molar-refractivity contribution in [2.24, 2.45) is 0 Å². The number of anilines is 1. The van der Waals surface area contributed by atoms with Crippen molar-refractivity contribution in [2.45, 2.75) is 11.9 Å². The van der Waals surface area contributed by atoms with E-state index in [9.17, 15) is 10.1 Å². The molecule has 0 atom stereocenters. The lowest BCUT2D eigenvalue weighted by Gasteiger charge is -2.18. The normalized spacial score (nSPS) is 13.1. The zero-order valence-electron chi connectivity index (χ0n) is 21.6. The molecule has 1 aliphatic heterocycles. The number of nitrogens with zero attached hydrogens (tertiary/aromatic N) is 5. The molecule has 11 heteroatoms. The van der Waals surface area contributed by atoms with E-state index in [-0.39, 0.29) is 17.5 Å². The van der Waals surface area contributed by atoms with E-state index in [1.165, 1.54) is 11.8 Å². The molecule has 1 saturated heterocycles. The zero-order valence-corrected chi connectivity index (χ0v) is 22.4. The van der Waals surface area contributed by atoms with Crippen LogP contribution in [0.25, 0.3) is 22.4 Å². The van der Waals surface area contributed by atoms with Gasteiger partial charge in [0, 0.05) is 11.1 Å². The lowest BCUT2D eigenvalue weighted by Crippen LogP contribution is -2.62. The van der Waals surface area contributed by atoms with Gasteiger partial charge >= 0.3 is 5.88 Å². The maximum atomic E-state index is 12.8. The zero-order chi connectivity index (χ0) is 27.2. The highest BCUT2D eigenvalue weighted by Gasteiger charge is 2.24. The first-order valence-corrected chi connectivity index (χ1v) is 13.3. The second-order valence-electron chi connectivity index (χ2n) is 8.83. The molecule has 198 valence electrons. The number of pyridine rings is 1. The molecule has 4 aromatic rings. The summed E-state index contributed by atoms with van der Waals surface area (Å²) in [6.07, 6.45) is 1.62. The van der Waals surface area contributed by atoms with E-state index in [1.54, 1.807) is 18.1 Å². The number of hydrogen-bond donors (Lipinski definition) is 1. The summed E-state index contributed by atoms with van der Waals surface area (Å²) in [7, 11) is 1.62. The van der Waals surface area contributed by atoms with E-state index in [2.05, 4.69) is 16.7 Å². The van der Waals surface area contributed by atoms with Crippen molar-refractivity contribution in [3.8, 4) is 34.2 Å². The van der Waals surface area contributed by atoms with Gasteiger partial charge in [-0.2, -0.15) is 5.26 Å². The summed E-state index contributed by atoms with van der Waals surface area (Å²) in [6, 6.07) is 19.8. The summed E-state index contributed by atoms with van der Waals surface area (Å²) in [5.41, 5.74) is 4.75. The number of hydrogen-bond acceptors (Lipinski definition) is 9. The molecule has 1 fully saturated rings. The molecule has 2 aromatic carbocycles. The van der Waals surface area contributed by atoms with Crippen LogP contribution >= 0.6 is 11.8 Å². The first-order chi connectivity index (χ1) is 19.0. The maximum absolute atomic E-state index is 12.8. The molecule has 0 unspecified atom stereocenters. The minimum absolute atomic E-state index is 0.0271. The highest BCUT2D eigenvalue weighted by molar-refractivity contribution is 8.00. The minimum Gasteiger partial charge on any atom is -0.497 e. The van der Waals surface area contributed by atoms with Gasteiger partial charge in [0.2, 0.25) is 11.2 Å². The number of aromatic nitrogens is 3. The number of methoxy groups -OCH3 is 1. The number of nitriles is 1. The van der Waals surface area contributed by atoms with E-state index in [4.69, 9.17) is 19.0 Å². The van der Waals surface area contributed by atoms with Gasteiger partial charge < -0.3 is 9.47 Å². The Morgan fingerprint density at radius 1 is 1.15 bits per heavy atom. The van der Waals surface area contributed by atoms with E-state index in [0.29, 0.717) is 42.6 Å². The first kappa shape index (κ1) is 26.2. The summed E-state index contributed by atoms with van der Waals surface area (Å²) in [5.74, 6) is 0.689. The van der Waals surface area contributed by atoms with Crippen molar-refractivity contribution >= 4 is 23.6 Å². The molecular weight excluding hydrogens is 516 g/mol. The van der Waals surface area contributed by atoms with Crippen molar-refractivity contribution in [3.63, 3.8) is 0 Å². The Balaban J connectivity index is 1.39. The van der Waals surface area contributed by atoms with Crippen LogP contribution in [-0.4, -0.2) is 55.3 Å². The molecule has 1 amide bonds. The standard InChI is InChI=1S/C28H26N6O4S/c1-19-3-5-20(6-4-19)23-15-25(21-7-9-22(36-2)10-8-21)30-28(24(23)16-29)39-18-26(35)31-27-17-34(32-38-27)33-11-13-37-14-12-33/h3-10,15,17H,11-14,18H2,1-2H3/p+1. The van der Waals surface area contributed by atoms with Crippen LogP contribution in [0.4, 0.5) is 5.88 Å². The highest BCUT2D eigenvalue weighted by atomic mass is 32.2. The second kappa shape index (κ2) is 12.0. The van der Waals surface area contributed by atoms with Crippen molar-refractivity contribution in [1.82, 2.24) is 10.3 Å². The van der Waals surface area contributed by atoms with Crippen molar-refractivity contribution in [3.05, 3.63) is 71.9 Å². The van der Waals surface area contributed by atoms with Gasteiger partial charge in [-0.3, -0.25) is 14.6 Å². The Kier molecular flexibility index (Phi) is 8.05. The Hall–Kier alpha value is -4.40. The lowest BCUT2D eigenvalue weighted by atomic mass is 9.98. The van der Waals surface area contributed by atoms with Gasteiger partial charge in [-0.15, -0.1) is 5.01 Å². The summed E-state index contributed by atoms with van der Waals surface area (Å²) < 4.78 is 15.9. The monoisotopic (exact) mass is 543 g/mol. The molecule has 1 aliphatic rings. The lowest BCUT2D eigenvalue weighted by molar-refractivity contribution is -0.759. The van der Waals surface area contributed by atoms with Crippen LogP contribution in [0.5, 0.6) is 5.75 Å². The van der Waals surface area contributed by atoms with E-state index in [1.807, 2.05) is 66.5 Å². The minimum atomic E-state index is -0.303. The van der Waals surface area contributed by atoms with Crippen LogP contribution in [0.15, 0.2) is 70.3 Å². The number of aryl methyl sites for hydroxylation is 1. The smallest absolute Gasteiger partial charge is 0.305 e. The molecule has 0 bridgehead atoms. The third-order valence-corrected chi connectivity index (χ3v) is 7.16. The van der Waals surface area contributed by atoms with Crippen LogP contribution in [0.1, 0.15) is 11.1 Å². The Bertz CT molecular complexity index is 1490. The number of thioether (sulfide) groups is 1. The molecule has 1 N–H and O–H groups in total. The Labute approximate surface area is 230 Å². The third-order valence-electron chi connectivity index (χ3n) is 6.18. The summed E-state index contributed by atoms with van der Waals surface area (Å²) >= 11 is 1.20. The van der Waals surface area contributed by atoms with Gasteiger partial charge in [-0.05, 0) is 42.8 Å².